The van der Waals surface area contributed by atoms with Crippen LogP contribution in [0.1, 0.15) is 37.6 Å². The van der Waals surface area contributed by atoms with E-state index >= 15 is 0 Å². The van der Waals surface area contributed by atoms with E-state index in [2.05, 4.69) is 47.2 Å². The van der Waals surface area contributed by atoms with Gasteiger partial charge in [-0.3, -0.25) is 0 Å². The average Bonchev–Trinajstić information content (AvgIpc) is 2.61. The van der Waals surface area contributed by atoms with Crippen LogP contribution in [0.5, 0.6) is 0 Å². The summed E-state index contributed by atoms with van der Waals surface area (Å²) in [7, 11) is 0. The van der Waals surface area contributed by atoms with E-state index in [0.29, 0.717) is 12.1 Å². The van der Waals surface area contributed by atoms with Crippen LogP contribution in [-0.4, -0.2) is 17.8 Å². The van der Waals surface area contributed by atoms with E-state index in [9.17, 15) is 0 Å². The summed E-state index contributed by atoms with van der Waals surface area (Å²) in [6, 6.07) is 5.06. The van der Waals surface area contributed by atoms with Gasteiger partial charge in [-0.1, -0.05) is 0 Å². The second-order valence-electron chi connectivity index (χ2n) is 3.80. The SMILES string of the molecule is C[C@H](N[C@@H](C)CCCO)c1ccc(Br)s1. The summed E-state index contributed by atoms with van der Waals surface area (Å²) < 4.78 is 1.18. The third-order valence-corrected chi connectivity index (χ3v) is 4.16. The summed E-state index contributed by atoms with van der Waals surface area (Å²) >= 11 is 5.23. The first-order chi connectivity index (χ1) is 7.13. The molecule has 0 saturated heterocycles. The molecule has 0 aliphatic carbocycles. The Bertz CT molecular complexity index is 290. The summed E-state index contributed by atoms with van der Waals surface area (Å²) in [4.78, 5) is 1.35. The molecular weight excluding hydrogens is 274 g/mol. The molecule has 0 unspecified atom stereocenters. The number of rotatable bonds is 6. The second kappa shape index (κ2) is 6.63. The molecule has 1 aromatic rings. The standard InChI is InChI=1S/C11H18BrNOS/c1-8(4-3-7-14)13-9(2)10-5-6-11(12)15-10/h5-6,8-9,13-14H,3-4,7H2,1-2H3/t8-,9-/m0/s1. The molecule has 0 amide bonds. The maximum atomic E-state index is 8.74. The van der Waals surface area contributed by atoms with Crippen LogP contribution in [0.4, 0.5) is 0 Å². The van der Waals surface area contributed by atoms with E-state index in [1.54, 1.807) is 11.3 Å². The fraction of sp³-hybridized carbons (Fsp3) is 0.636. The van der Waals surface area contributed by atoms with Crippen molar-refractivity contribution < 1.29 is 5.11 Å². The molecule has 1 heterocycles. The number of nitrogens with one attached hydrogen (secondary N) is 1. The van der Waals surface area contributed by atoms with E-state index in [1.807, 2.05) is 0 Å². The van der Waals surface area contributed by atoms with Gasteiger partial charge in [0.2, 0.25) is 0 Å². The van der Waals surface area contributed by atoms with E-state index < -0.39 is 0 Å². The molecule has 0 spiro atoms. The van der Waals surface area contributed by atoms with Gasteiger partial charge in [0.25, 0.3) is 0 Å². The van der Waals surface area contributed by atoms with Gasteiger partial charge in [0.05, 0.1) is 3.79 Å². The number of thiophene rings is 1. The molecule has 2 N–H and O–H groups in total. The van der Waals surface area contributed by atoms with Crippen molar-refractivity contribution >= 4 is 27.3 Å². The van der Waals surface area contributed by atoms with E-state index in [-0.39, 0.29) is 6.61 Å². The molecule has 86 valence electrons. The molecule has 0 aliphatic rings. The van der Waals surface area contributed by atoms with Crippen molar-refractivity contribution in [1.82, 2.24) is 5.32 Å². The van der Waals surface area contributed by atoms with Crippen molar-refractivity contribution in [2.24, 2.45) is 0 Å². The lowest BCUT2D eigenvalue weighted by Gasteiger charge is -2.18. The summed E-state index contributed by atoms with van der Waals surface area (Å²) in [6.45, 7) is 4.62. The van der Waals surface area contributed by atoms with Gasteiger partial charge >= 0.3 is 0 Å². The third-order valence-electron chi connectivity index (χ3n) is 2.35. The Morgan fingerprint density at radius 1 is 1.47 bits per heavy atom. The predicted molar refractivity (Wildman–Crippen MR) is 69.4 cm³/mol. The van der Waals surface area contributed by atoms with Gasteiger partial charge in [0.15, 0.2) is 0 Å². The summed E-state index contributed by atoms with van der Waals surface area (Å²) in [5.41, 5.74) is 0. The molecule has 0 bridgehead atoms. The van der Waals surface area contributed by atoms with Crippen molar-refractivity contribution in [2.75, 3.05) is 6.61 Å². The van der Waals surface area contributed by atoms with Crippen LogP contribution >= 0.6 is 27.3 Å². The summed E-state index contributed by atoms with van der Waals surface area (Å²) in [6.07, 6.45) is 1.89. The third kappa shape index (κ3) is 4.64. The normalized spacial score (nSPS) is 15.2. The molecule has 0 fully saturated rings. The molecule has 15 heavy (non-hydrogen) atoms. The maximum Gasteiger partial charge on any atom is 0.0701 e. The zero-order valence-corrected chi connectivity index (χ0v) is 11.6. The Labute approximate surface area is 104 Å². The van der Waals surface area contributed by atoms with Crippen LogP contribution < -0.4 is 5.32 Å². The highest BCUT2D eigenvalue weighted by atomic mass is 79.9. The number of halogens is 1. The van der Waals surface area contributed by atoms with Crippen LogP contribution in [0.2, 0.25) is 0 Å². The van der Waals surface area contributed by atoms with Crippen LogP contribution in [0, 0.1) is 0 Å². The molecule has 0 aliphatic heterocycles. The van der Waals surface area contributed by atoms with Gasteiger partial charge in [-0.15, -0.1) is 11.3 Å². The van der Waals surface area contributed by atoms with Gasteiger partial charge in [-0.05, 0) is 54.8 Å². The summed E-state index contributed by atoms with van der Waals surface area (Å²) in [5.74, 6) is 0. The minimum atomic E-state index is 0.283. The topological polar surface area (TPSA) is 32.3 Å². The molecule has 0 aromatic carbocycles. The summed E-state index contributed by atoms with van der Waals surface area (Å²) in [5, 5.41) is 12.3. The van der Waals surface area contributed by atoms with Gasteiger partial charge in [-0.2, -0.15) is 0 Å². The van der Waals surface area contributed by atoms with Crippen LogP contribution in [0.15, 0.2) is 15.9 Å². The highest BCUT2D eigenvalue weighted by molar-refractivity contribution is 9.11. The maximum absolute atomic E-state index is 8.74. The van der Waals surface area contributed by atoms with Crippen LogP contribution in [0.25, 0.3) is 0 Å². The monoisotopic (exact) mass is 291 g/mol. The lowest BCUT2D eigenvalue weighted by molar-refractivity contribution is 0.274. The minimum absolute atomic E-state index is 0.283. The van der Waals surface area contributed by atoms with Gasteiger partial charge in [0, 0.05) is 23.6 Å². The molecule has 1 aromatic heterocycles. The van der Waals surface area contributed by atoms with Crippen LogP contribution in [0.3, 0.4) is 0 Å². The highest BCUT2D eigenvalue weighted by Crippen LogP contribution is 2.27. The van der Waals surface area contributed by atoms with Crippen molar-refractivity contribution in [2.45, 2.75) is 38.8 Å². The molecule has 2 nitrogen and oxygen atoms in total. The number of hydrogen-bond donors (Lipinski definition) is 2. The van der Waals surface area contributed by atoms with Crippen LogP contribution in [-0.2, 0) is 0 Å². The quantitative estimate of drug-likeness (QED) is 0.843. The van der Waals surface area contributed by atoms with E-state index in [0.717, 1.165) is 12.8 Å². The number of aliphatic hydroxyl groups excluding tert-OH is 1. The van der Waals surface area contributed by atoms with E-state index in [4.69, 9.17) is 5.11 Å². The largest absolute Gasteiger partial charge is 0.396 e. The second-order valence-corrected chi connectivity index (χ2v) is 6.29. The van der Waals surface area contributed by atoms with E-state index in [1.165, 1.54) is 8.66 Å². The van der Waals surface area contributed by atoms with Gasteiger partial charge < -0.3 is 10.4 Å². The Kier molecular flexibility index (Phi) is 5.82. The molecule has 0 radical (unpaired) electrons. The molecule has 2 atom stereocenters. The fourth-order valence-corrected chi connectivity index (χ4v) is 2.99. The molecule has 0 saturated carbocycles. The Morgan fingerprint density at radius 3 is 2.73 bits per heavy atom. The number of aliphatic hydroxyl groups is 1. The number of hydrogen-bond acceptors (Lipinski definition) is 3. The fourth-order valence-electron chi connectivity index (χ4n) is 1.55. The van der Waals surface area contributed by atoms with Gasteiger partial charge in [0.1, 0.15) is 0 Å². The molecular formula is C11H18BrNOS. The predicted octanol–water partition coefficient (Wildman–Crippen LogP) is 3.32. The first-order valence-electron chi connectivity index (χ1n) is 5.25. The first kappa shape index (κ1) is 13.2. The minimum Gasteiger partial charge on any atom is -0.396 e. The van der Waals surface area contributed by atoms with Crippen molar-refractivity contribution in [1.29, 1.82) is 0 Å². The first-order valence-corrected chi connectivity index (χ1v) is 6.86. The lowest BCUT2D eigenvalue weighted by atomic mass is 10.1. The highest BCUT2D eigenvalue weighted by Gasteiger charge is 2.10. The Balaban J connectivity index is 2.38. The average molecular weight is 292 g/mol. The zero-order chi connectivity index (χ0) is 11.3. The molecule has 1 rings (SSSR count). The smallest absolute Gasteiger partial charge is 0.0701 e. The van der Waals surface area contributed by atoms with Crippen molar-refractivity contribution in [3.63, 3.8) is 0 Å². The Hall–Kier alpha value is 0.1000. The Morgan fingerprint density at radius 2 is 2.20 bits per heavy atom. The van der Waals surface area contributed by atoms with Crippen molar-refractivity contribution in [3.8, 4) is 0 Å². The van der Waals surface area contributed by atoms with Crippen molar-refractivity contribution in [3.05, 3.63) is 20.8 Å². The van der Waals surface area contributed by atoms with Gasteiger partial charge in [-0.25, -0.2) is 0 Å². The molecule has 4 heteroatoms. The lowest BCUT2D eigenvalue weighted by Crippen LogP contribution is -2.28. The zero-order valence-electron chi connectivity index (χ0n) is 9.16.